The summed E-state index contributed by atoms with van der Waals surface area (Å²) < 4.78 is 10.2. The molecule has 0 saturated heterocycles. The van der Waals surface area contributed by atoms with Gasteiger partial charge in [-0.05, 0) is 18.6 Å². The fourth-order valence-electron chi connectivity index (χ4n) is 2.31. The molecule has 0 aliphatic carbocycles. The van der Waals surface area contributed by atoms with Crippen LogP contribution in [-0.2, 0) is 20.7 Å². The van der Waals surface area contributed by atoms with Crippen LogP contribution in [0.2, 0.25) is 0 Å². The van der Waals surface area contributed by atoms with Crippen molar-refractivity contribution in [2.45, 2.75) is 19.4 Å². The monoisotopic (exact) mass is 327 g/mol. The minimum absolute atomic E-state index is 0.0610. The molecule has 126 valence electrons. The first-order chi connectivity index (χ1) is 11.6. The lowest BCUT2D eigenvalue weighted by molar-refractivity contribution is -0.148. The van der Waals surface area contributed by atoms with Gasteiger partial charge >= 0.3 is 5.97 Å². The smallest absolute Gasteiger partial charge is 0.310 e. The summed E-state index contributed by atoms with van der Waals surface area (Å²) >= 11 is 0. The van der Waals surface area contributed by atoms with E-state index in [1.807, 2.05) is 49.4 Å². The summed E-state index contributed by atoms with van der Waals surface area (Å²) in [4.78, 5) is 23.8. The number of methoxy groups -OCH3 is 1. The van der Waals surface area contributed by atoms with Crippen molar-refractivity contribution in [3.8, 4) is 5.75 Å². The summed E-state index contributed by atoms with van der Waals surface area (Å²) in [6.07, 6.45) is 0.0610. The Kier molecular flexibility index (Phi) is 6.37. The van der Waals surface area contributed by atoms with Crippen molar-refractivity contribution in [1.82, 2.24) is 5.32 Å². The van der Waals surface area contributed by atoms with E-state index in [9.17, 15) is 9.59 Å². The van der Waals surface area contributed by atoms with E-state index in [1.54, 1.807) is 19.2 Å². The summed E-state index contributed by atoms with van der Waals surface area (Å²) in [5.74, 6) is -0.182. The number of nitrogens with one attached hydrogen (secondary N) is 1. The van der Waals surface area contributed by atoms with E-state index < -0.39 is 5.97 Å². The van der Waals surface area contributed by atoms with Crippen LogP contribution < -0.4 is 10.1 Å². The second kappa shape index (κ2) is 8.72. The van der Waals surface area contributed by atoms with Crippen molar-refractivity contribution in [3.63, 3.8) is 0 Å². The third-order valence-corrected chi connectivity index (χ3v) is 3.57. The Morgan fingerprint density at radius 1 is 1.04 bits per heavy atom. The molecule has 2 rings (SSSR count). The van der Waals surface area contributed by atoms with Gasteiger partial charge in [0.15, 0.2) is 6.61 Å². The molecule has 0 saturated carbocycles. The van der Waals surface area contributed by atoms with Crippen LogP contribution in [-0.4, -0.2) is 25.6 Å². The summed E-state index contributed by atoms with van der Waals surface area (Å²) in [6.45, 7) is 1.58. The Balaban J connectivity index is 1.80. The average molecular weight is 327 g/mol. The van der Waals surface area contributed by atoms with Crippen LogP contribution in [0.25, 0.3) is 0 Å². The van der Waals surface area contributed by atoms with Crippen molar-refractivity contribution in [2.75, 3.05) is 13.7 Å². The SMILES string of the molecule is COc1ccccc1CC(=O)OCC(=O)N[C@@H](C)c1ccccc1. The summed E-state index contributed by atoms with van der Waals surface area (Å²) in [5, 5.41) is 2.80. The summed E-state index contributed by atoms with van der Waals surface area (Å²) in [5.41, 5.74) is 1.72. The highest BCUT2D eigenvalue weighted by atomic mass is 16.5. The molecule has 0 spiro atoms. The normalized spacial score (nSPS) is 11.4. The first-order valence-electron chi connectivity index (χ1n) is 7.72. The van der Waals surface area contributed by atoms with E-state index in [1.165, 1.54) is 0 Å². The van der Waals surface area contributed by atoms with Crippen molar-refractivity contribution in [2.24, 2.45) is 0 Å². The summed E-state index contributed by atoms with van der Waals surface area (Å²) in [6, 6.07) is 16.7. The zero-order valence-electron chi connectivity index (χ0n) is 13.8. The molecule has 2 aromatic rings. The van der Waals surface area contributed by atoms with Crippen molar-refractivity contribution >= 4 is 11.9 Å². The number of amides is 1. The van der Waals surface area contributed by atoms with Gasteiger partial charge in [-0.1, -0.05) is 48.5 Å². The molecule has 0 aromatic heterocycles. The van der Waals surface area contributed by atoms with Crippen molar-refractivity contribution in [3.05, 3.63) is 65.7 Å². The molecule has 0 radical (unpaired) electrons. The lowest BCUT2D eigenvalue weighted by Gasteiger charge is -2.14. The molecule has 2 aromatic carbocycles. The zero-order chi connectivity index (χ0) is 17.4. The van der Waals surface area contributed by atoms with E-state index in [0.29, 0.717) is 5.75 Å². The van der Waals surface area contributed by atoms with Crippen LogP contribution in [0, 0.1) is 0 Å². The number of hydrogen-bond acceptors (Lipinski definition) is 4. The number of carbonyl (C=O) groups excluding carboxylic acids is 2. The number of benzene rings is 2. The lowest BCUT2D eigenvalue weighted by atomic mass is 10.1. The van der Waals surface area contributed by atoms with Crippen molar-refractivity contribution in [1.29, 1.82) is 0 Å². The molecule has 0 bridgehead atoms. The largest absolute Gasteiger partial charge is 0.496 e. The topological polar surface area (TPSA) is 64.6 Å². The second-order valence-electron chi connectivity index (χ2n) is 5.35. The molecule has 0 unspecified atom stereocenters. The van der Waals surface area contributed by atoms with Crippen molar-refractivity contribution < 1.29 is 19.1 Å². The lowest BCUT2D eigenvalue weighted by Crippen LogP contribution is -2.31. The Morgan fingerprint density at radius 3 is 2.42 bits per heavy atom. The molecule has 0 aliphatic rings. The fourth-order valence-corrected chi connectivity index (χ4v) is 2.31. The Morgan fingerprint density at radius 2 is 1.71 bits per heavy atom. The number of para-hydroxylation sites is 1. The first-order valence-corrected chi connectivity index (χ1v) is 7.72. The molecule has 5 heteroatoms. The maximum absolute atomic E-state index is 11.9. The van der Waals surface area contributed by atoms with Crippen LogP contribution in [0.3, 0.4) is 0 Å². The fraction of sp³-hybridized carbons (Fsp3) is 0.263. The van der Waals surface area contributed by atoms with Crippen LogP contribution in [0.5, 0.6) is 5.75 Å². The number of carbonyl (C=O) groups is 2. The quantitative estimate of drug-likeness (QED) is 0.794. The number of rotatable bonds is 7. The summed E-state index contributed by atoms with van der Waals surface area (Å²) in [7, 11) is 1.54. The zero-order valence-corrected chi connectivity index (χ0v) is 13.8. The highest BCUT2D eigenvalue weighted by Crippen LogP contribution is 2.18. The Hall–Kier alpha value is -2.82. The van der Waals surface area contributed by atoms with Gasteiger partial charge in [-0.15, -0.1) is 0 Å². The maximum Gasteiger partial charge on any atom is 0.310 e. The highest BCUT2D eigenvalue weighted by molar-refractivity contribution is 5.81. The molecule has 1 N–H and O–H groups in total. The van der Waals surface area contributed by atoms with Gasteiger partial charge in [-0.3, -0.25) is 9.59 Å². The number of ether oxygens (including phenoxy) is 2. The van der Waals surface area contributed by atoms with E-state index in [0.717, 1.165) is 11.1 Å². The minimum atomic E-state index is -0.470. The van der Waals surface area contributed by atoms with Gasteiger partial charge in [-0.25, -0.2) is 0 Å². The molecule has 0 fully saturated rings. The first kappa shape index (κ1) is 17.5. The minimum Gasteiger partial charge on any atom is -0.496 e. The van der Waals surface area contributed by atoms with Gasteiger partial charge in [0.25, 0.3) is 5.91 Å². The third-order valence-electron chi connectivity index (χ3n) is 3.57. The molecule has 5 nitrogen and oxygen atoms in total. The van der Waals surface area contributed by atoms with Gasteiger partial charge in [-0.2, -0.15) is 0 Å². The highest BCUT2D eigenvalue weighted by Gasteiger charge is 2.13. The molecule has 0 aliphatic heterocycles. The standard InChI is InChI=1S/C19H21NO4/c1-14(15-8-4-3-5-9-15)20-18(21)13-24-19(22)12-16-10-6-7-11-17(16)23-2/h3-11,14H,12-13H2,1-2H3,(H,20,21)/t14-/m0/s1. The maximum atomic E-state index is 11.9. The predicted molar refractivity (Wildman–Crippen MR) is 90.7 cm³/mol. The second-order valence-corrected chi connectivity index (χ2v) is 5.35. The van der Waals surface area contributed by atoms with Gasteiger partial charge in [0.1, 0.15) is 5.75 Å². The molecular weight excluding hydrogens is 306 g/mol. The van der Waals surface area contributed by atoms with E-state index in [4.69, 9.17) is 9.47 Å². The predicted octanol–water partition coefficient (Wildman–Crippen LogP) is 2.66. The van der Waals surface area contributed by atoms with Gasteiger partial charge in [0, 0.05) is 5.56 Å². The van der Waals surface area contributed by atoms with Gasteiger partial charge in [0.2, 0.25) is 0 Å². The molecule has 1 amide bonds. The van der Waals surface area contributed by atoms with E-state index in [2.05, 4.69) is 5.32 Å². The molecule has 0 heterocycles. The van der Waals surface area contributed by atoms with Crippen LogP contribution in [0.4, 0.5) is 0 Å². The molecular formula is C19H21NO4. The Bertz CT molecular complexity index is 685. The van der Waals surface area contributed by atoms with E-state index >= 15 is 0 Å². The number of hydrogen-bond donors (Lipinski definition) is 1. The molecule has 1 atom stereocenters. The number of esters is 1. The third kappa shape index (κ3) is 5.12. The van der Waals surface area contributed by atoms with Crippen LogP contribution >= 0.6 is 0 Å². The average Bonchev–Trinajstić information content (AvgIpc) is 2.61. The van der Waals surface area contributed by atoms with E-state index in [-0.39, 0.29) is 25.0 Å². The Labute approximate surface area is 141 Å². The van der Waals surface area contributed by atoms with Crippen LogP contribution in [0.15, 0.2) is 54.6 Å². The van der Waals surface area contributed by atoms with Crippen LogP contribution in [0.1, 0.15) is 24.1 Å². The molecule has 24 heavy (non-hydrogen) atoms. The van der Waals surface area contributed by atoms with Gasteiger partial charge < -0.3 is 14.8 Å². The van der Waals surface area contributed by atoms with Gasteiger partial charge in [0.05, 0.1) is 19.6 Å².